The molecule has 5 nitrogen and oxygen atoms in total. The molecule has 1 aromatic carbocycles. The molecule has 5 heteroatoms. The first-order chi connectivity index (χ1) is 10.4. The second-order valence-corrected chi connectivity index (χ2v) is 6.33. The van der Waals surface area contributed by atoms with E-state index in [1.165, 1.54) is 0 Å². The predicted octanol–water partition coefficient (Wildman–Crippen LogP) is 2.35. The number of carbonyl (C=O) groups is 1. The van der Waals surface area contributed by atoms with Crippen molar-refractivity contribution in [2.24, 2.45) is 5.41 Å². The van der Waals surface area contributed by atoms with Gasteiger partial charge in [-0.1, -0.05) is 26.0 Å². The van der Waals surface area contributed by atoms with Crippen molar-refractivity contribution in [2.75, 3.05) is 33.4 Å². The molecule has 122 valence electrons. The fourth-order valence-corrected chi connectivity index (χ4v) is 2.65. The number of methoxy groups -OCH3 is 1. The van der Waals surface area contributed by atoms with Crippen LogP contribution in [0.2, 0.25) is 0 Å². The van der Waals surface area contributed by atoms with Crippen molar-refractivity contribution < 1.29 is 19.4 Å². The molecule has 0 unspecified atom stereocenters. The number of ether oxygens (including phenoxy) is 2. The number of benzene rings is 1. The summed E-state index contributed by atoms with van der Waals surface area (Å²) >= 11 is 0. The van der Waals surface area contributed by atoms with Crippen molar-refractivity contribution in [3.63, 3.8) is 0 Å². The lowest BCUT2D eigenvalue weighted by atomic mass is 9.87. The van der Waals surface area contributed by atoms with Crippen molar-refractivity contribution in [2.45, 2.75) is 26.4 Å². The van der Waals surface area contributed by atoms with Crippen LogP contribution in [0.25, 0.3) is 0 Å². The molecule has 1 saturated heterocycles. The van der Waals surface area contributed by atoms with Crippen molar-refractivity contribution >= 4 is 5.91 Å². The van der Waals surface area contributed by atoms with Crippen LogP contribution in [0.5, 0.6) is 5.75 Å². The molecule has 1 aliphatic heterocycles. The maximum Gasteiger partial charge on any atom is 0.228 e. The topological polar surface area (TPSA) is 59.0 Å². The highest BCUT2D eigenvalue weighted by atomic mass is 16.5. The normalized spacial score (nSPS) is 19.2. The van der Waals surface area contributed by atoms with E-state index in [2.05, 4.69) is 0 Å². The van der Waals surface area contributed by atoms with Crippen molar-refractivity contribution in [3.8, 4) is 5.75 Å². The molecule has 2 rings (SSSR count). The van der Waals surface area contributed by atoms with E-state index in [0.29, 0.717) is 32.7 Å². The summed E-state index contributed by atoms with van der Waals surface area (Å²) in [6.07, 6.45) is 0.499. The molecule has 1 N–H and O–H groups in total. The van der Waals surface area contributed by atoms with Gasteiger partial charge in [-0.25, -0.2) is 0 Å². The Balaban J connectivity index is 2.05. The van der Waals surface area contributed by atoms with Gasteiger partial charge >= 0.3 is 0 Å². The summed E-state index contributed by atoms with van der Waals surface area (Å²) in [6, 6.07) is 7.02. The van der Waals surface area contributed by atoms with Gasteiger partial charge in [-0.3, -0.25) is 4.79 Å². The largest absolute Gasteiger partial charge is 0.508 e. The molecule has 1 heterocycles. The van der Waals surface area contributed by atoms with Gasteiger partial charge in [0.25, 0.3) is 0 Å². The number of nitrogens with zero attached hydrogens (tertiary/aromatic N) is 1. The van der Waals surface area contributed by atoms with Crippen LogP contribution >= 0.6 is 0 Å². The SMILES string of the molecule is COCCC(C)(C)C(=O)N1CCO[C@H](c2cccc(O)c2)C1. The molecule has 0 aromatic heterocycles. The molecule has 22 heavy (non-hydrogen) atoms. The van der Waals surface area contributed by atoms with Crippen molar-refractivity contribution in [1.29, 1.82) is 0 Å². The molecule has 1 aliphatic rings. The van der Waals surface area contributed by atoms with E-state index in [0.717, 1.165) is 5.56 Å². The Labute approximate surface area is 131 Å². The Hall–Kier alpha value is -1.59. The summed E-state index contributed by atoms with van der Waals surface area (Å²) in [4.78, 5) is 14.6. The van der Waals surface area contributed by atoms with Crippen LogP contribution in [0.15, 0.2) is 24.3 Å². The fourth-order valence-electron chi connectivity index (χ4n) is 2.65. The smallest absolute Gasteiger partial charge is 0.228 e. The summed E-state index contributed by atoms with van der Waals surface area (Å²) in [5.41, 5.74) is 0.448. The molecule has 0 bridgehead atoms. The van der Waals surface area contributed by atoms with E-state index in [9.17, 15) is 9.90 Å². The molecule has 1 atom stereocenters. The van der Waals surface area contributed by atoms with Gasteiger partial charge in [-0.15, -0.1) is 0 Å². The van der Waals surface area contributed by atoms with E-state index in [1.54, 1.807) is 25.3 Å². The fraction of sp³-hybridized carbons (Fsp3) is 0.588. The van der Waals surface area contributed by atoms with Crippen molar-refractivity contribution in [3.05, 3.63) is 29.8 Å². The van der Waals surface area contributed by atoms with Gasteiger partial charge in [-0.2, -0.15) is 0 Å². The third-order valence-electron chi connectivity index (χ3n) is 4.11. The minimum Gasteiger partial charge on any atom is -0.508 e. The van der Waals surface area contributed by atoms with Crippen molar-refractivity contribution in [1.82, 2.24) is 4.90 Å². The van der Waals surface area contributed by atoms with Crippen LogP contribution in [0, 0.1) is 5.41 Å². The molecule has 0 radical (unpaired) electrons. The lowest BCUT2D eigenvalue weighted by Crippen LogP contribution is -2.48. The first kappa shape index (κ1) is 16.8. The van der Waals surface area contributed by atoms with E-state index in [4.69, 9.17) is 9.47 Å². The minimum atomic E-state index is -0.448. The maximum absolute atomic E-state index is 12.7. The zero-order valence-corrected chi connectivity index (χ0v) is 13.5. The zero-order chi connectivity index (χ0) is 16.2. The predicted molar refractivity (Wildman–Crippen MR) is 83.7 cm³/mol. The van der Waals surface area contributed by atoms with Gasteiger partial charge < -0.3 is 19.5 Å². The highest BCUT2D eigenvalue weighted by Crippen LogP contribution is 2.29. The standard InChI is InChI=1S/C17H25NO4/c1-17(2,7-9-21-3)16(20)18-8-10-22-15(12-18)13-5-4-6-14(19)11-13/h4-6,11,15,19H,7-10,12H2,1-3H3/t15-/m0/s1. The maximum atomic E-state index is 12.7. The number of rotatable bonds is 5. The number of morpholine rings is 1. The summed E-state index contributed by atoms with van der Waals surface area (Å²) in [5, 5.41) is 9.60. The highest BCUT2D eigenvalue weighted by molar-refractivity contribution is 5.82. The average Bonchev–Trinajstić information content (AvgIpc) is 2.52. The van der Waals surface area contributed by atoms with E-state index < -0.39 is 5.41 Å². The monoisotopic (exact) mass is 307 g/mol. The number of carbonyl (C=O) groups excluding carboxylic acids is 1. The Morgan fingerprint density at radius 3 is 2.95 bits per heavy atom. The number of amides is 1. The third-order valence-corrected chi connectivity index (χ3v) is 4.11. The van der Waals surface area contributed by atoms with E-state index in [1.807, 2.05) is 24.8 Å². The van der Waals surface area contributed by atoms with Crippen LogP contribution in [-0.4, -0.2) is 49.3 Å². The quantitative estimate of drug-likeness (QED) is 0.907. The molecular weight excluding hydrogens is 282 g/mol. The molecule has 1 fully saturated rings. The van der Waals surface area contributed by atoms with Gasteiger partial charge in [0.05, 0.1) is 13.2 Å². The summed E-state index contributed by atoms with van der Waals surface area (Å²) in [5.74, 6) is 0.336. The summed E-state index contributed by atoms with van der Waals surface area (Å²) in [6.45, 7) is 6.09. The molecular formula is C17H25NO4. The Morgan fingerprint density at radius 2 is 2.27 bits per heavy atom. The Bertz CT molecular complexity index is 515. The zero-order valence-electron chi connectivity index (χ0n) is 13.5. The van der Waals surface area contributed by atoms with Crippen LogP contribution in [0.3, 0.4) is 0 Å². The number of phenolic OH excluding ortho intramolecular Hbond substituents is 1. The first-order valence-electron chi connectivity index (χ1n) is 7.63. The molecule has 1 aromatic rings. The van der Waals surface area contributed by atoms with Gasteiger partial charge in [0.1, 0.15) is 11.9 Å². The molecule has 0 aliphatic carbocycles. The Kier molecular flexibility index (Phi) is 5.42. The molecule has 1 amide bonds. The lowest BCUT2D eigenvalue weighted by molar-refractivity contribution is -0.149. The minimum absolute atomic E-state index is 0.123. The van der Waals surface area contributed by atoms with Crippen LogP contribution < -0.4 is 0 Å². The van der Waals surface area contributed by atoms with Gasteiger partial charge in [0, 0.05) is 25.7 Å². The first-order valence-corrected chi connectivity index (χ1v) is 7.63. The number of aromatic hydroxyl groups is 1. The van der Waals surface area contributed by atoms with Gasteiger partial charge in [0.2, 0.25) is 5.91 Å². The molecule has 0 spiro atoms. The third kappa shape index (κ3) is 3.99. The second kappa shape index (κ2) is 7.11. The van der Waals surface area contributed by atoms with E-state index in [-0.39, 0.29) is 17.8 Å². The van der Waals surface area contributed by atoms with Crippen LogP contribution in [0.1, 0.15) is 31.9 Å². The average molecular weight is 307 g/mol. The second-order valence-electron chi connectivity index (χ2n) is 6.33. The van der Waals surface area contributed by atoms with Crippen LogP contribution in [-0.2, 0) is 14.3 Å². The molecule has 0 saturated carbocycles. The lowest BCUT2D eigenvalue weighted by Gasteiger charge is -2.37. The van der Waals surface area contributed by atoms with Crippen LogP contribution in [0.4, 0.5) is 0 Å². The van der Waals surface area contributed by atoms with Gasteiger partial charge in [0.15, 0.2) is 0 Å². The highest BCUT2D eigenvalue weighted by Gasteiger charge is 2.34. The summed E-state index contributed by atoms with van der Waals surface area (Å²) in [7, 11) is 1.65. The van der Waals surface area contributed by atoms with Gasteiger partial charge in [-0.05, 0) is 24.1 Å². The Morgan fingerprint density at radius 1 is 1.50 bits per heavy atom. The number of hydrogen-bond acceptors (Lipinski definition) is 4. The number of hydrogen-bond donors (Lipinski definition) is 1. The summed E-state index contributed by atoms with van der Waals surface area (Å²) < 4.78 is 10.9. The van der Waals surface area contributed by atoms with E-state index >= 15 is 0 Å². The number of phenols is 1.